The van der Waals surface area contributed by atoms with Crippen LogP contribution in [0.15, 0.2) is 18.2 Å². The average molecular weight is 295 g/mol. The molecule has 1 amide bonds. The summed E-state index contributed by atoms with van der Waals surface area (Å²) in [5.41, 5.74) is 0.450. The summed E-state index contributed by atoms with van der Waals surface area (Å²) >= 11 is 0. The molecule has 1 rings (SSSR count). The number of hydrogen-bond donors (Lipinski definition) is 3. The molecule has 0 saturated carbocycles. The average Bonchev–Trinajstić information content (AvgIpc) is 2.35. The van der Waals surface area contributed by atoms with Gasteiger partial charge in [0, 0.05) is 0 Å². The highest BCUT2D eigenvalue weighted by Gasteiger charge is 2.19. The molecule has 116 valence electrons. The molecule has 0 aliphatic rings. The topological polar surface area (TPSA) is 95.9 Å². The number of alkyl carbamates (subject to hydrolysis) is 1. The summed E-state index contributed by atoms with van der Waals surface area (Å²) in [5.74, 6) is -1.10. The molecule has 0 spiro atoms. The van der Waals surface area contributed by atoms with E-state index in [1.54, 1.807) is 39.8 Å². The van der Waals surface area contributed by atoms with Gasteiger partial charge in [-0.25, -0.2) is 9.59 Å². The second-order valence-electron chi connectivity index (χ2n) is 5.75. The first kappa shape index (κ1) is 17.0. The molecule has 0 unspecified atom stereocenters. The number of carbonyl (C=O) groups is 2. The SMILES string of the molecule is C[C@@H](NC(=O)OC(C)(C)C)c1ccc(C(=O)O)c(CO)c1. The fourth-order valence-electron chi connectivity index (χ4n) is 1.79. The van der Waals surface area contributed by atoms with Gasteiger partial charge >= 0.3 is 12.1 Å². The molecule has 0 bridgehead atoms. The Hall–Kier alpha value is -2.08. The third-order valence-corrected chi connectivity index (χ3v) is 2.76. The largest absolute Gasteiger partial charge is 0.478 e. The normalized spacial score (nSPS) is 12.6. The summed E-state index contributed by atoms with van der Waals surface area (Å²) in [4.78, 5) is 22.7. The van der Waals surface area contributed by atoms with Gasteiger partial charge in [0.15, 0.2) is 0 Å². The summed E-state index contributed by atoms with van der Waals surface area (Å²) in [7, 11) is 0. The zero-order valence-electron chi connectivity index (χ0n) is 12.6. The highest BCUT2D eigenvalue weighted by Crippen LogP contribution is 2.19. The van der Waals surface area contributed by atoms with Crippen molar-refractivity contribution in [1.82, 2.24) is 5.32 Å². The Bertz CT molecular complexity index is 533. The van der Waals surface area contributed by atoms with Gasteiger partial charge in [0.1, 0.15) is 5.60 Å². The lowest BCUT2D eigenvalue weighted by atomic mass is 10.0. The summed E-state index contributed by atoms with van der Waals surface area (Å²) in [6, 6.07) is 4.21. The Morgan fingerprint density at radius 1 is 1.33 bits per heavy atom. The molecule has 1 atom stereocenters. The van der Waals surface area contributed by atoms with Crippen LogP contribution in [0.3, 0.4) is 0 Å². The maximum absolute atomic E-state index is 11.7. The molecule has 0 fully saturated rings. The maximum atomic E-state index is 11.7. The quantitative estimate of drug-likeness (QED) is 0.793. The predicted octanol–water partition coefficient (Wildman–Crippen LogP) is 2.46. The molecular formula is C15H21NO5. The monoisotopic (exact) mass is 295 g/mol. The number of aliphatic hydroxyl groups excluding tert-OH is 1. The second-order valence-corrected chi connectivity index (χ2v) is 5.75. The van der Waals surface area contributed by atoms with Crippen LogP contribution in [0.5, 0.6) is 0 Å². The van der Waals surface area contributed by atoms with Crippen molar-refractivity contribution >= 4 is 12.1 Å². The molecule has 3 N–H and O–H groups in total. The highest BCUT2D eigenvalue weighted by atomic mass is 16.6. The van der Waals surface area contributed by atoms with Crippen molar-refractivity contribution in [3.63, 3.8) is 0 Å². The zero-order valence-corrected chi connectivity index (χ0v) is 12.6. The van der Waals surface area contributed by atoms with Gasteiger partial charge in [-0.15, -0.1) is 0 Å². The van der Waals surface area contributed by atoms with Crippen LogP contribution in [0, 0.1) is 0 Å². The smallest absolute Gasteiger partial charge is 0.408 e. The standard InChI is InChI=1S/C15H21NO5/c1-9(16-14(20)21-15(2,3)4)10-5-6-12(13(18)19)11(7-10)8-17/h5-7,9,17H,8H2,1-4H3,(H,16,20)(H,18,19)/t9-/m1/s1. The van der Waals surface area contributed by atoms with Crippen LogP contribution in [-0.2, 0) is 11.3 Å². The maximum Gasteiger partial charge on any atom is 0.408 e. The molecule has 0 aliphatic heterocycles. The van der Waals surface area contributed by atoms with Gasteiger partial charge < -0.3 is 20.3 Å². The number of carboxylic acids is 1. The minimum atomic E-state index is -1.10. The lowest BCUT2D eigenvalue weighted by molar-refractivity contribution is 0.0507. The van der Waals surface area contributed by atoms with E-state index >= 15 is 0 Å². The first-order valence-electron chi connectivity index (χ1n) is 6.60. The van der Waals surface area contributed by atoms with Crippen LogP contribution in [0.1, 0.15) is 55.2 Å². The van der Waals surface area contributed by atoms with Crippen molar-refractivity contribution in [3.05, 3.63) is 34.9 Å². The molecule has 0 saturated heterocycles. The van der Waals surface area contributed by atoms with E-state index in [0.717, 1.165) is 0 Å². The Labute approximate surface area is 123 Å². The minimum Gasteiger partial charge on any atom is -0.478 e. The van der Waals surface area contributed by atoms with Gasteiger partial charge in [-0.2, -0.15) is 0 Å². The fourth-order valence-corrected chi connectivity index (χ4v) is 1.79. The molecule has 0 aliphatic carbocycles. The predicted molar refractivity (Wildman–Crippen MR) is 77.1 cm³/mol. The highest BCUT2D eigenvalue weighted by molar-refractivity contribution is 5.89. The summed E-state index contributed by atoms with van der Waals surface area (Å²) in [6.07, 6.45) is -0.553. The van der Waals surface area contributed by atoms with Crippen LogP contribution in [0.25, 0.3) is 0 Å². The number of aliphatic hydroxyl groups is 1. The van der Waals surface area contributed by atoms with Crippen molar-refractivity contribution in [2.75, 3.05) is 0 Å². The second kappa shape index (κ2) is 6.58. The number of amides is 1. The number of benzene rings is 1. The molecule has 6 nitrogen and oxygen atoms in total. The molecule has 0 aromatic heterocycles. The van der Waals surface area contributed by atoms with E-state index in [1.165, 1.54) is 6.07 Å². The van der Waals surface area contributed by atoms with Crippen LogP contribution < -0.4 is 5.32 Å². The molecule has 1 aromatic rings. The molecule has 0 heterocycles. The Kier molecular flexibility index (Phi) is 5.32. The fraction of sp³-hybridized carbons (Fsp3) is 0.467. The lowest BCUT2D eigenvalue weighted by Crippen LogP contribution is -2.34. The molecule has 21 heavy (non-hydrogen) atoms. The van der Waals surface area contributed by atoms with Crippen molar-refractivity contribution < 1.29 is 24.5 Å². The van der Waals surface area contributed by atoms with E-state index in [4.69, 9.17) is 9.84 Å². The number of carbonyl (C=O) groups excluding carboxylic acids is 1. The molecule has 0 radical (unpaired) electrons. The van der Waals surface area contributed by atoms with Gasteiger partial charge in [0.2, 0.25) is 0 Å². The van der Waals surface area contributed by atoms with Gasteiger partial charge in [0.05, 0.1) is 18.2 Å². The number of rotatable bonds is 4. The van der Waals surface area contributed by atoms with E-state index < -0.39 is 17.7 Å². The van der Waals surface area contributed by atoms with Crippen LogP contribution in [-0.4, -0.2) is 27.9 Å². The number of ether oxygens (including phenoxy) is 1. The molecular weight excluding hydrogens is 274 g/mol. The van der Waals surface area contributed by atoms with Crippen molar-refractivity contribution in [2.24, 2.45) is 0 Å². The van der Waals surface area contributed by atoms with E-state index in [1.807, 2.05) is 0 Å². The van der Waals surface area contributed by atoms with E-state index in [-0.39, 0.29) is 18.2 Å². The van der Waals surface area contributed by atoms with Gasteiger partial charge in [0.25, 0.3) is 0 Å². The van der Waals surface area contributed by atoms with Gasteiger partial charge in [-0.05, 0) is 44.9 Å². The molecule has 6 heteroatoms. The van der Waals surface area contributed by atoms with Crippen LogP contribution >= 0.6 is 0 Å². The minimum absolute atomic E-state index is 0.0470. The van der Waals surface area contributed by atoms with Crippen molar-refractivity contribution in [1.29, 1.82) is 0 Å². The number of carboxylic acid groups (broad SMARTS) is 1. The summed E-state index contributed by atoms with van der Waals surface area (Å²) in [5, 5.41) is 20.9. The van der Waals surface area contributed by atoms with Crippen LogP contribution in [0.2, 0.25) is 0 Å². The van der Waals surface area contributed by atoms with Crippen LogP contribution in [0.4, 0.5) is 4.79 Å². The summed E-state index contributed by atoms with van der Waals surface area (Å²) < 4.78 is 5.15. The Morgan fingerprint density at radius 2 is 1.95 bits per heavy atom. The van der Waals surface area contributed by atoms with E-state index in [0.29, 0.717) is 11.1 Å². The number of aromatic carboxylic acids is 1. The lowest BCUT2D eigenvalue weighted by Gasteiger charge is -2.22. The Balaban J connectivity index is 2.86. The van der Waals surface area contributed by atoms with E-state index in [9.17, 15) is 14.7 Å². The van der Waals surface area contributed by atoms with Gasteiger partial charge in [-0.3, -0.25) is 0 Å². The zero-order chi connectivity index (χ0) is 16.2. The van der Waals surface area contributed by atoms with Crippen molar-refractivity contribution in [2.45, 2.75) is 45.9 Å². The number of nitrogens with one attached hydrogen (secondary N) is 1. The van der Waals surface area contributed by atoms with E-state index in [2.05, 4.69) is 5.32 Å². The van der Waals surface area contributed by atoms with Crippen molar-refractivity contribution in [3.8, 4) is 0 Å². The first-order valence-corrected chi connectivity index (χ1v) is 6.60. The number of hydrogen-bond acceptors (Lipinski definition) is 4. The van der Waals surface area contributed by atoms with Gasteiger partial charge in [-0.1, -0.05) is 12.1 Å². The third kappa shape index (κ3) is 5.07. The summed E-state index contributed by atoms with van der Waals surface area (Å²) in [6.45, 7) is 6.67. The Morgan fingerprint density at radius 3 is 2.43 bits per heavy atom. The first-order chi connectivity index (χ1) is 9.64. The molecule has 1 aromatic carbocycles. The third-order valence-electron chi connectivity index (χ3n) is 2.76.